The van der Waals surface area contributed by atoms with Gasteiger partial charge in [0, 0.05) is 49.6 Å². The Labute approximate surface area is 159 Å². The van der Waals surface area contributed by atoms with Crippen molar-refractivity contribution in [3.05, 3.63) is 69.3 Å². The summed E-state index contributed by atoms with van der Waals surface area (Å²) in [4.78, 5) is 27.5. The highest BCUT2D eigenvalue weighted by atomic mass is 16.6. The fourth-order valence-corrected chi connectivity index (χ4v) is 3.57. The number of benzene rings is 2. The van der Waals surface area contributed by atoms with Crippen molar-refractivity contribution in [3.8, 4) is 0 Å². The minimum atomic E-state index is -0.447. The number of rotatable bonds is 5. The highest BCUT2D eigenvalue weighted by molar-refractivity contribution is 5.94. The van der Waals surface area contributed by atoms with Gasteiger partial charge in [0.1, 0.15) is 0 Å². The quantitative estimate of drug-likeness (QED) is 0.588. The lowest BCUT2D eigenvalue weighted by Crippen LogP contribution is -2.32. The smallest absolute Gasteiger partial charge is 0.273 e. The predicted molar refractivity (Wildman–Crippen MR) is 106 cm³/mol. The van der Waals surface area contributed by atoms with E-state index < -0.39 is 4.92 Å². The second kappa shape index (κ2) is 8.20. The third-order valence-electron chi connectivity index (χ3n) is 5.10. The molecule has 6 heteroatoms. The lowest BCUT2D eigenvalue weighted by atomic mass is 10.1. The molecule has 0 N–H and O–H groups in total. The summed E-state index contributed by atoms with van der Waals surface area (Å²) in [5, 5.41) is 11.2. The first kappa shape index (κ1) is 18.9. The van der Waals surface area contributed by atoms with Crippen LogP contribution in [0.2, 0.25) is 0 Å². The molecule has 2 aromatic carbocycles. The Kier molecular flexibility index (Phi) is 5.74. The van der Waals surface area contributed by atoms with Crippen molar-refractivity contribution < 1.29 is 9.72 Å². The Bertz CT molecular complexity index is 844. The molecule has 1 aliphatic rings. The summed E-state index contributed by atoms with van der Waals surface area (Å²) in [6.07, 6.45) is 3.65. The number of piperidine rings is 1. The van der Waals surface area contributed by atoms with E-state index in [0.717, 1.165) is 18.7 Å². The van der Waals surface area contributed by atoms with Crippen molar-refractivity contribution >= 4 is 17.3 Å². The molecule has 3 rings (SSSR count). The van der Waals surface area contributed by atoms with Crippen LogP contribution in [0.15, 0.2) is 42.5 Å². The average molecular weight is 367 g/mol. The number of hydrogen-bond donors (Lipinski definition) is 0. The first-order chi connectivity index (χ1) is 13.0. The van der Waals surface area contributed by atoms with Crippen LogP contribution in [0.5, 0.6) is 0 Å². The van der Waals surface area contributed by atoms with E-state index in [9.17, 15) is 14.9 Å². The minimum Gasteiger partial charge on any atom is -0.371 e. The first-order valence-electron chi connectivity index (χ1n) is 9.30. The molecule has 0 unspecified atom stereocenters. The van der Waals surface area contributed by atoms with Crippen LogP contribution in [0.4, 0.5) is 11.4 Å². The second-order valence-electron chi connectivity index (χ2n) is 7.10. The summed E-state index contributed by atoms with van der Waals surface area (Å²) in [5.74, 6) is -0.216. The zero-order valence-electron chi connectivity index (χ0n) is 15.9. The molecule has 0 aliphatic carbocycles. The summed E-state index contributed by atoms with van der Waals surface area (Å²) >= 11 is 0. The van der Waals surface area contributed by atoms with Crippen molar-refractivity contribution in [1.29, 1.82) is 0 Å². The molecule has 6 nitrogen and oxygen atoms in total. The van der Waals surface area contributed by atoms with E-state index in [4.69, 9.17) is 0 Å². The van der Waals surface area contributed by atoms with Crippen molar-refractivity contribution in [1.82, 2.24) is 4.90 Å². The Morgan fingerprint density at radius 2 is 1.85 bits per heavy atom. The van der Waals surface area contributed by atoms with Gasteiger partial charge in [0.15, 0.2) is 0 Å². The van der Waals surface area contributed by atoms with Gasteiger partial charge in [-0.3, -0.25) is 14.9 Å². The van der Waals surface area contributed by atoms with Crippen molar-refractivity contribution in [2.24, 2.45) is 0 Å². The normalized spacial score (nSPS) is 14.1. The maximum Gasteiger partial charge on any atom is 0.273 e. The Morgan fingerprint density at radius 1 is 1.15 bits per heavy atom. The Balaban J connectivity index is 1.79. The van der Waals surface area contributed by atoms with Gasteiger partial charge in [-0.1, -0.05) is 24.3 Å². The molecule has 0 atom stereocenters. The number of anilines is 1. The SMILES string of the molecule is Cc1ccc(C(=O)N(C)Cc2ccccc2N2CCCCC2)cc1[N+](=O)[O-]. The van der Waals surface area contributed by atoms with E-state index in [1.165, 1.54) is 31.0 Å². The van der Waals surface area contributed by atoms with Gasteiger partial charge in [-0.2, -0.15) is 0 Å². The zero-order valence-corrected chi connectivity index (χ0v) is 15.9. The molecule has 1 amide bonds. The van der Waals surface area contributed by atoms with Crippen LogP contribution in [0.25, 0.3) is 0 Å². The summed E-state index contributed by atoms with van der Waals surface area (Å²) < 4.78 is 0. The molecule has 142 valence electrons. The van der Waals surface area contributed by atoms with Crippen LogP contribution >= 0.6 is 0 Å². The van der Waals surface area contributed by atoms with E-state index in [0.29, 0.717) is 17.7 Å². The number of para-hydroxylation sites is 1. The maximum absolute atomic E-state index is 12.8. The molecule has 0 saturated carbocycles. The third kappa shape index (κ3) is 4.27. The van der Waals surface area contributed by atoms with E-state index in [1.54, 1.807) is 31.0 Å². The van der Waals surface area contributed by atoms with E-state index >= 15 is 0 Å². The molecular formula is C21H25N3O3. The highest BCUT2D eigenvalue weighted by Crippen LogP contribution is 2.26. The number of carbonyl (C=O) groups is 1. The number of nitrogens with zero attached hydrogens (tertiary/aromatic N) is 3. The summed E-state index contributed by atoms with van der Waals surface area (Å²) in [7, 11) is 1.74. The van der Waals surface area contributed by atoms with Crippen molar-refractivity contribution in [2.45, 2.75) is 32.7 Å². The molecule has 0 radical (unpaired) electrons. The highest BCUT2D eigenvalue weighted by Gasteiger charge is 2.20. The fourth-order valence-electron chi connectivity index (χ4n) is 3.57. The summed E-state index contributed by atoms with van der Waals surface area (Å²) in [6.45, 7) is 4.22. The molecule has 0 spiro atoms. The lowest BCUT2D eigenvalue weighted by molar-refractivity contribution is -0.385. The van der Waals surface area contributed by atoms with E-state index in [-0.39, 0.29) is 11.6 Å². The first-order valence-corrected chi connectivity index (χ1v) is 9.30. The Morgan fingerprint density at radius 3 is 2.56 bits per heavy atom. The van der Waals surface area contributed by atoms with Crippen LogP contribution in [0.3, 0.4) is 0 Å². The number of nitro benzene ring substituents is 1. The molecule has 0 bridgehead atoms. The standard InChI is InChI=1S/C21H25N3O3/c1-16-10-11-17(14-20(16)24(26)27)21(25)22(2)15-18-8-4-5-9-19(18)23-12-6-3-7-13-23/h4-5,8-11,14H,3,6-7,12-13,15H2,1-2H3. The van der Waals surface area contributed by atoms with Gasteiger partial charge in [0.25, 0.3) is 11.6 Å². The van der Waals surface area contributed by atoms with Gasteiger partial charge in [-0.15, -0.1) is 0 Å². The molecule has 1 saturated heterocycles. The van der Waals surface area contributed by atoms with Crippen LogP contribution in [-0.2, 0) is 6.54 Å². The summed E-state index contributed by atoms with van der Waals surface area (Å²) in [6, 6.07) is 12.8. The topological polar surface area (TPSA) is 66.7 Å². The molecule has 1 aliphatic heterocycles. The molecular weight excluding hydrogens is 342 g/mol. The third-order valence-corrected chi connectivity index (χ3v) is 5.10. The van der Waals surface area contributed by atoms with Crippen molar-refractivity contribution in [3.63, 3.8) is 0 Å². The molecule has 0 aromatic heterocycles. The van der Waals surface area contributed by atoms with Gasteiger partial charge in [-0.05, 0) is 43.9 Å². The van der Waals surface area contributed by atoms with Gasteiger partial charge in [0.05, 0.1) is 4.92 Å². The average Bonchev–Trinajstić information content (AvgIpc) is 2.68. The van der Waals surface area contributed by atoms with Gasteiger partial charge in [-0.25, -0.2) is 0 Å². The van der Waals surface area contributed by atoms with Crippen LogP contribution < -0.4 is 4.90 Å². The molecule has 27 heavy (non-hydrogen) atoms. The monoisotopic (exact) mass is 367 g/mol. The fraction of sp³-hybridized carbons (Fsp3) is 0.381. The molecule has 1 heterocycles. The number of hydrogen-bond acceptors (Lipinski definition) is 4. The largest absolute Gasteiger partial charge is 0.371 e. The number of aryl methyl sites for hydroxylation is 1. The molecule has 2 aromatic rings. The zero-order chi connectivity index (χ0) is 19.4. The number of amides is 1. The van der Waals surface area contributed by atoms with E-state index in [1.807, 2.05) is 18.2 Å². The van der Waals surface area contributed by atoms with Gasteiger partial charge in [0.2, 0.25) is 0 Å². The lowest BCUT2D eigenvalue weighted by Gasteiger charge is -2.31. The predicted octanol–water partition coefficient (Wildman–Crippen LogP) is 4.17. The van der Waals surface area contributed by atoms with E-state index in [2.05, 4.69) is 11.0 Å². The Hall–Kier alpha value is -2.89. The van der Waals surface area contributed by atoms with Crippen LogP contribution in [0.1, 0.15) is 40.7 Å². The van der Waals surface area contributed by atoms with Crippen LogP contribution in [0, 0.1) is 17.0 Å². The maximum atomic E-state index is 12.8. The van der Waals surface area contributed by atoms with Crippen molar-refractivity contribution in [2.75, 3.05) is 25.0 Å². The van der Waals surface area contributed by atoms with Gasteiger partial charge >= 0.3 is 0 Å². The number of nitro groups is 1. The van der Waals surface area contributed by atoms with Crippen LogP contribution in [-0.4, -0.2) is 35.9 Å². The van der Waals surface area contributed by atoms with Gasteiger partial charge < -0.3 is 9.80 Å². The summed E-state index contributed by atoms with van der Waals surface area (Å²) in [5.41, 5.74) is 3.13. The number of carbonyl (C=O) groups excluding carboxylic acids is 1. The minimum absolute atomic E-state index is 0.0250. The second-order valence-corrected chi connectivity index (χ2v) is 7.10. The molecule has 1 fully saturated rings.